The number of nitrogen functional groups attached to an aromatic ring is 1. The number of rotatable bonds is 8. The first-order valence-electron chi connectivity index (χ1n) is 12.3. The average Bonchev–Trinajstić information content (AvgIpc) is 2.73. The van der Waals surface area contributed by atoms with E-state index in [2.05, 4.69) is 58.4 Å². The van der Waals surface area contributed by atoms with Gasteiger partial charge < -0.3 is 5.73 Å². The average molecular weight is 452 g/mol. The van der Waals surface area contributed by atoms with Crippen molar-refractivity contribution in [3.8, 4) is 0 Å². The van der Waals surface area contributed by atoms with E-state index in [0.29, 0.717) is 29.6 Å². The molecule has 0 bridgehead atoms. The van der Waals surface area contributed by atoms with E-state index in [1.54, 1.807) is 24.5 Å². The molecule has 1 unspecified atom stereocenters. The van der Waals surface area contributed by atoms with Crippen molar-refractivity contribution in [1.82, 2.24) is 9.88 Å². The first kappa shape index (κ1) is 34.9. The third-order valence-corrected chi connectivity index (χ3v) is 4.59. The van der Waals surface area contributed by atoms with E-state index in [-0.39, 0.29) is 17.4 Å². The number of pyridine rings is 1. The molecule has 0 aromatic carbocycles. The highest BCUT2D eigenvalue weighted by molar-refractivity contribution is 5.84. The number of ketones is 2. The Bertz CT molecular complexity index is 574. The molecule has 0 fully saturated rings. The monoisotopic (exact) mass is 451 g/mol. The highest BCUT2D eigenvalue weighted by atomic mass is 16.1. The molecule has 0 saturated carbocycles. The van der Waals surface area contributed by atoms with Crippen molar-refractivity contribution in [2.24, 2.45) is 17.3 Å². The van der Waals surface area contributed by atoms with E-state index in [4.69, 9.17) is 5.73 Å². The summed E-state index contributed by atoms with van der Waals surface area (Å²) in [5.74, 6) is 1.47. The van der Waals surface area contributed by atoms with Crippen molar-refractivity contribution in [1.29, 1.82) is 0 Å². The van der Waals surface area contributed by atoms with Crippen LogP contribution in [0, 0.1) is 17.3 Å². The molecule has 0 spiro atoms. The topological polar surface area (TPSA) is 76.3 Å². The number of hydrogen-bond acceptors (Lipinski definition) is 5. The number of likely N-dealkylation sites (N-methyl/N-ethyl adjacent to an activating group) is 1. The van der Waals surface area contributed by atoms with Crippen LogP contribution in [0.5, 0.6) is 0 Å². The standard InChI is InChI=1S/C12H25NO.C8H16O.C5H6N2.C2H6/c1-7-10(14)11(12(4,5)6)13(8-2)9-3;1-6(2)5-8(9)7(3)4;6-5-2-1-3-7-4-5;1-2/h11H,7-9H2,1-6H3;6-7H,5H2,1-4H3;1-4H,6H2;1-2H3. The van der Waals surface area contributed by atoms with Crippen molar-refractivity contribution in [2.75, 3.05) is 18.8 Å². The van der Waals surface area contributed by atoms with Crippen LogP contribution in [0.4, 0.5) is 5.69 Å². The molecular weight excluding hydrogens is 398 g/mol. The molecule has 1 heterocycles. The molecule has 0 aliphatic heterocycles. The minimum Gasteiger partial charge on any atom is -0.397 e. The summed E-state index contributed by atoms with van der Waals surface area (Å²) in [6, 6.07) is 3.67. The maximum Gasteiger partial charge on any atom is 0.150 e. The zero-order valence-electron chi connectivity index (χ0n) is 23.2. The third kappa shape index (κ3) is 17.9. The second-order valence-corrected chi connectivity index (χ2v) is 9.31. The van der Waals surface area contributed by atoms with Gasteiger partial charge >= 0.3 is 0 Å². The van der Waals surface area contributed by atoms with E-state index in [1.807, 2.05) is 34.6 Å². The largest absolute Gasteiger partial charge is 0.397 e. The maximum atomic E-state index is 11.9. The Kier molecular flexibility index (Phi) is 21.7. The summed E-state index contributed by atoms with van der Waals surface area (Å²) >= 11 is 0. The fourth-order valence-corrected chi connectivity index (χ4v) is 3.03. The summed E-state index contributed by atoms with van der Waals surface area (Å²) in [5.41, 5.74) is 6.05. The zero-order valence-corrected chi connectivity index (χ0v) is 23.2. The number of carbonyl (C=O) groups excluding carboxylic acids is 2. The van der Waals surface area contributed by atoms with Crippen LogP contribution in [0.25, 0.3) is 0 Å². The van der Waals surface area contributed by atoms with Gasteiger partial charge in [-0.3, -0.25) is 19.5 Å². The molecule has 0 amide bonds. The van der Waals surface area contributed by atoms with Crippen LogP contribution >= 0.6 is 0 Å². The van der Waals surface area contributed by atoms with Crippen molar-refractivity contribution < 1.29 is 9.59 Å². The molecule has 0 saturated heterocycles. The Morgan fingerprint density at radius 2 is 1.50 bits per heavy atom. The summed E-state index contributed by atoms with van der Waals surface area (Å²) in [6.07, 6.45) is 4.67. The summed E-state index contributed by atoms with van der Waals surface area (Å²) in [4.78, 5) is 28.8. The Labute approximate surface area is 199 Å². The SMILES string of the molecule is CC.CC(C)CC(=O)C(C)C.CCC(=O)C(N(CC)CC)C(C)(C)C.Nc1cccnc1. The Balaban J connectivity index is -0.000000401. The van der Waals surface area contributed by atoms with Crippen LogP contribution in [0.1, 0.15) is 95.9 Å². The van der Waals surface area contributed by atoms with Crippen LogP contribution in [0.3, 0.4) is 0 Å². The molecule has 1 aromatic rings. The lowest BCUT2D eigenvalue weighted by Gasteiger charge is -2.38. The molecule has 0 aliphatic carbocycles. The summed E-state index contributed by atoms with van der Waals surface area (Å²) in [7, 11) is 0. The van der Waals surface area contributed by atoms with Gasteiger partial charge in [-0.2, -0.15) is 0 Å². The minimum atomic E-state index is 0.0408. The Morgan fingerprint density at radius 1 is 1.00 bits per heavy atom. The molecule has 2 N–H and O–H groups in total. The highest BCUT2D eigenvalue weighted by Gasteiger charge is 2.33. The lowest BCUT2D eigenvalue weighted by molar-refractivity contribution is -0.127. The Morgan fingerprint density at radius 3 is 1.69 bits per heavy atom. The summed E-state index contributed by atoms with van der Waals surface area (Å²) < 4.78 is 0. The first-order chi connectivity index (χ1) is 14.8. The maximum absolute atomic E-state index is 11.9. The van der Waals surface area contributed by atoms with E-state index >= 15 is 0 Å². The van der Waals surface area contributed by atoms with Crippen LogP contribution in [0.15, 0.2) is 24.5 Å². The molecule has 0 aliphatic rings. The number of nitrogens with two attached hydrogens (primary N) is 1. The summed E-state index contributed by atoms with van der Waals surface area (Å²) in [6.45, 7) is 26.5. The van der Waals surface area contributed by atoms with Crippen molar-refractivity contribution in [2.45, 2.75) is 102 Å². The van der Waals surface area contributed by atoms with Gasteiger partial charge in [0.05, 0.1) is 11.7 Å². The van der Waals surface area contributed by atoms with Crippen molar-refractivity contribution in [3.05, 3.63) is 24.5 Å². The molecule has 1 aromatic heterocycles. The minimum absolute atomic E-state index is 0.0408. The molecule has 5 nitrogen and oxygen atoms in total. The number of nitrogens with zero attached hydrogens (tertiary/aromatic N) is 2. The fourth-order valence-electron chi connectivity index (χ4n) is 3.03. The lowest BCUT2D eigenvalue weighted by Crippen LogP contribution is -2.49. The molecule has 32 heavy (non-hydrogen) atoms. The van der Waals surface area contributed by atoms with Crippen LogP contribution in [-0.4, -0.2) is 40.6 Å². The first-order valence-corrected chi connectivity index (χ1v) is 12.3. The molecule has 1 rings (SSSR count). The second-order valence-electron chi connectivity index (χ2n) is 9.31. The number of carbonyl (C=O) groups is 2. The van der Waals surface area contributed by atoms with Gasteiger partial charge in [0.15, 0.2) is 0 Å². The lowest BCUT2D eigenvalue weighted by atomic mass is 9.82. The third-order valence-electron chi connectivity index (χ3n) is 4.59. The number of anilines is 1. The molecular formula is C27H53N3O2. The van der Waals surface area contributed by atoms with E-state index in [1.165, 1.54) is 0 Å². The van der Waals surface area contributed by atoms with E-state index in [0.717, 1.165) is 19.5 Å². The van der Waals surface area contributed by atoms with Gasteiger partial charge in [0.2, 0.25) is 0 Å². The second kappa shape index (κ2) is 19.9. The molecule has 188 valence electrons. The fraction of sp³-hybridized carbons (Fsp3) is 0.741. The molecule has 1 atom stereocenters. The highest BCUT2D eigenvalue weighted by Crippen LogP contribution is 2.25. The molecule has 0 radical (unpaired) electrons. The van der Waals surface area contributed by atoms with Crippen LogP contribution in [-0.2, 0) is 9.59 Å². The Hall–Kier alpha value is -1.75. The predicted octanol–water partition coefficient (Wildman–Crippen LogP) is 6.67. The van der Waals surface area contributed by atoms with Gasteiger partial charge in [0, 0.05) is 31.2 Å². The van der Waals surface area contributed by atoms with Gasteiger partial charge in [-0.15, -0.1) is 0 Å². The van der Waals surface area contributed by atoms with E-state index < -0.39 is 0 Å². The normalized spacial score (nSPS) is 11.5. The van der Waals surface area contributed by atoms with Crippen molar-refractivity contribution >= 4 is 17.3 Å². The smallest absolute Gasteiger partial charge is 0.150 e. The number of Topliss-reactive ketones (excluding diaryl/α,β-unsaturated/α-hetero) is 2. The van der Waals surface area contributed by atoms with Crippen LogP contribution in [0.2, 0.25) is 0 Å². The van der Waals surface area contributed by atoms with Gasteiger partial charge in [-0.1, -0.05) is 83.1 Å². The van der Waals surface area contributed by atoms with Gasteiger partial charge in [0.1, 0.15) is 11.6 Å². The zero-order chi connectivity index (χ0) is 25.9. The quantitative estimate of drug-likeness (QED) is 0.477. The van der Waals surface area contributed by atoms with E-state index in [9.17, 15) is 9.59 Å². The molecule has 5 heteroatoms. The van der Waals surface area contributed by atoms with Crippen LogP contribution < -0.4 is 5.73 Å². The van der Waals surface area contributed by atoms with Crippen molar-refractivity contribution in [3.63, 3.8) is 0 Å². The summed E-state index contributed by atoms with van der Waals surface area (Å²) in [5, 5.41) is 0. The number of hydrogen-bond donors (Lipinski definition) is 1. The number of aromatic nitrogens is 1. The van der Waals surface area contributed by atoms with Gasteiger partial charge in [-0.05, 0) is 36.6 Å². The van der Waals surface area contributed by atoms with Gasteiger partial charge in [0.25, 0.3) is 0 Å². The van der Waals surface area contributed by atoms with Gasteiger partial charge in [-0.25, -0.2) is 0 Å². The predicted molar refractivity (Wildman–Crippen MR) is 141 cm³/mol.